The SMILES string of the molecule is COC(=O)C[C@@H](NC(=O)c1ccccn1)c1ccc(SC)cc1. The van der Waals surface area contributed by atoms with Gasteiger partial charge in [-0.1, -0.05) is 18.2 Å². The smallest absolute Gasteiger partial charge is 0.307 e. The highest BCUT2D eigenvalue weighted by Gasteiger charge is 2.20. The van der Waals surface area contributed by atoms with Gasteiger partial charge in [-0.2, -0.15) is 0 Å². The molecule has 1 aromatic carbocycles. The summed E-state index contributed by atoms with van der Waals surface area (Å²) < 4.78 is 4.72. The van der Waals surface area contributed by atoms with E-state index in [4.69, 9.17) is 4.74 Å². The van der Waals surface area contributed by atoms with E-state index < -0.39 is 6.04 Å². The number of hydrogen-bond donors (Lipinski definition) is 1. The summed E-state index contributed by atoms with van der Waals surface area (Å²) in [6.07, 6.45) is 3.61. The Morgan fingerprint density at radius 1 is 1.22 bits per heavy atom. The highest BCUT2D eigenvalue weighted by Crippen LogP contribution is 2.22. The van der Waals surface area contributed by atoms with Gasteiger partial charge >= 0.3 is 5.97 Å². The zero-order valence-electron chi connectivity index (χ0n) is 13.0. The fourth-order valence-corrected chi connectivity index (χ4v) is 2.48. The van der Waals surface area contributed by atoms with Gasteiger partial charge in [-0.05, 0) is 36.1 Å². The van der Waals surface area contributed by atoms with Crippen LogP contribution in [0.15, 0.2) is 53.6 Å². The largest absolute Gasteiger partial charge is 0.469 e. The first-order valence-corrected chi connectivity index (χ1v) is 8.29. The third-order valence-electron chi connectivity index (χ3n) is 3.32. The number of carbonyl (C=O) groups excluding carboxylic acids is 2. The van der Waals surface area contributed by atoms with E-state index in [1.165, 1.54) is 7.11 Å². The van der Waals surface area contributed by atoms with E-state index in [1.54, 1.807) is 36.2 Å². The number of aromatic nitrogens is 1. The average Bonchev–Trinajstić information content (AvgIpc) is 2.61. The molecule has 2 rings (SSSR count). The van der Waals surface area contributed by atoms with E-state index in [-0.39, 0.29) is 18.3 Å². The zero-order valence-corrected chi connectivity index (χ0v) is 13.8. The molecule has 0 radical (unpaired) electrons. The number of methoxy groups -OCH3 is 1. The molecule has 0 unspecified atom stereocenters. The van der Waals surface area contributed by atoms with Crippen LogP contribution in [-0.4, -0.2) is 30.2 Å². The Balaban J connectivity index is 2.19. The molecule has 0 aliphatic heterocycles. The van der Waals surface area contributed by atoms with E-state index in [2.05, 4.69) is 10.3 Å². The molecule has 0 aliphatic rings. The number of ether oxygens (including phenoxy) is 1. The van der Waals surface area contributed by atoms with Crippen LogP contribution in [0, 0.1) is 0 Å². The lowest BCUT2D eigenvalue weighted by Gasteiger charge is -2.18. The van der Waals surface area contributed by atoms with Crippen molar-refractivity contribution in [3.8, 4) is 0 Å². The molecule has 1 N–H and O–H groups in total. The van der Waals surface area contributed by atoms with Gasteiger partial charge in [-0.15, -0.1) is 11.8 Å². The Kier molecular flexibility index (Phi) is 6.17. The maximum atomic E-state index is 12.3. The molecule has 2 aromatic rings. The number of pyridine rings is 1. The van der Waals surface area contributed by atoms with Gasteiger partial charge in [0.1, 0.15) is 5.69 Å². The first-order chi connectivity index (χ1) is 11.1. The van der Waals surface area contributed by atoms with Crippen LogP contribution in [-0.2, 0) is 9.53 Å². The second kappa shape index (κ2) is 8.33. The van der Waals surface area contributed by atoms with E-state index >= 15 is 0 Å². The van der Waals surface area contributed by atoms with Gasteiger partial charge in [0.05, 0.1) is 19.6 Å². The lowest BCUT2D eigenvalue weighted by atomic mass is 10.0. The number of amides is 1. The number of nitrogens with one attached hydrogen (secondary N) is 1. The maximum Gasteiger partial charge on any atom is 0.307 e. The molecule has 23 heavy (non-hydrogen) atoms. The highest BCUT2D eigenvalue weighted by molar-refractivity contribution is 7.98. The Labute approximate surface area is 139 Å². The summed E-state index contributed by atoms with van der Waals surface area (Å²) in [5, 5.41) is 2.84. The van der Waals surface area contributed by atoms with Crippen LogP contribution in [0.2, 0.25) is 0 Å². The van der Waals surface area contributed by atoms with Gasteiger partial charge in [0.15, 0.2) is 0 Å². The molecule has 6 heteroatoms. The molecule has 1 aromatic heterocycles. The second-order valence-electron chi connectivity index (χ2n) is 4.79. The minimum atomic E-state index is -0.465. The normalized spacial score (nSPS) is 11.6. The van der Waals surface area contributed by atoms with E-state index in [0.717, 1.165) is 10.5 Å². The number of thioether (sulfide) groups is 1. The van der Waals surface area contributed by atoms with Crippen molar-refractivity contribution in [3.05, 3.63) is 59.9 Å². The fourth-order valence-electron chi connectivity index (χ4n) is 2.07. The Hall–Kier alpha value is -2.34. The summed E-state index contributed by atoms with van der Waals surface area (Å²) in [5.74, 6) is -0.710. The minimum Gasteiger partial charge on any atom is -0.469 e. The summed E-state index contributed by atoms with van der Waals surface area (Å²) in [4.78, 5) is 29.1. The van der Waals surface area contributed by atoms with Crippen LogP contribution < -0.4 is 5.32 Å². The van der Waals surface area contributed by atoms with Crippen molar-refractivity contribution in [1.29, 1.82) is 0 Å². The van der Waals surface area contributed by atoms with Crippen LogP contribution in [0.25, 0.3) is 0 Å². The van der Waals surface area contributed by atoms with E-state index in [0.29, 0.717) is 5.69 Å². The summed E-state index contributed by atoms with van der Waals surface area (Å²) >= 11 is 1.63. The number of carbonyl (C=O) groups is 2. The molecule has 0 spiro atoms. The first-order valence-electron chi connectivity index (χ1n) is 7.06. The topological polar surface area (TPSA) is 68.3 Å². The minimum absolute atomic E-state index is 0.0632. The Morgan fingerprint density at radius 3 is 2.52 bits per heavy atom. The Bertz CT molecular complexity index is 659. The van der Waals surface area contributed by atoms with Gasteiger partial charge in [-0.3, -0.25) is 14.6 Å². The van der Waals surface area contributed by atoms with E-state index in [9.17, 15) is 9.59 Å². The third kappa shape index (κ3) is 4.82. The molecule has 1 heterocycles. The van der Waals surface area contributed by atoms with Gasteiger partial charge in [0.2, 0.25) is 0 Å². The molecule has 0 saturated carbocycles. The molecule has 0 bridgehead atoms. The number of esters is 1. The number of benzene rings is 1. The molecule has 0 aliphatic carbocycles. The molecule has 5 nitrogen and oxygen atoms in total. The number of nitrogens with zero attached hydrogens (tertiary/aromatic N) is 1. The van der Waals surface area contributed by atoms with Crippen molar-refractivity contribution in [2.24, 2.45) is 0 Å². The number of hydrogen-bond acceptors (Lipinski definition) is 5. The summed E-state index contributed by atoms with van der Waals surface area (Å²) in [6, 6.07) is 12.4. The van der Waals surface area contributed by atoms with Gasteiger partial charge < -0.3 is 10.1 Å². The molecule has 0 fully saturated rings. The zero-order chi connectivity index (χ0) is 16.7. The summed E-state index contributed by atoms with van der Waals surface area (Å²) in [5.41, 5.74) is 1.15. The van der Waals surface area contributed by atoms with Crippen molar-refractivity contribution in [2.45, 2.75) is 17.4 Å². The van der Waals surface area contributed by atoms with Crippen LogP contribution >= 0.6 is 11.8 Å². The predicted molar refractivity (Wildman–Crippen MR) is 89.3 cm³/mol. The molecule has 1 atom stereocenters. The average molecular weight is 330 g/mol. The Morgan fingerprint density at radius 2 is 1.96 bits per heavy atom. The monoisotopic (exact) mass is 330 g/mol. The van der Waals surface area contributed by atoms with Gasteiger partial charge in [-0.25, -0.2) is 0 Å². The number of rotatable bonds is 6. The van der Waals surface area contributed by atoms with Crippen molar-refractivity contribution >= 4 is 23.6 Å². The second-order valence-corrected chi connectivity index (χ2v) is 5.67. The quantitative estimate of drug-likeness (QED) is 0.651. The van der Waals surface area contributed by atoms with E-state index in [1.807, 2.05) is 30.5 Å². The maximum absolute atomic E-state index is 12.3. The summed E-state index contributed by atoms with van der Waals surface area (Å²) in [7, 11) is 1.33. The lowest BCUT2D eigenvalue weighted by Crippen LogP contribution is -2.31. The van der Waals surface area contributed by atoms with Crippen molar-refractivity contribution in [1.82, 2.24) is 10.3 Å². The fraction of sp³-hybridized carbons (Fsp3) is 0.235. The van der Waals surface area contributed by atoms with Gasteiger partial charge in [0, 0.05) is 11.1 Å². The van der Waals surface area contributed by atoms with Gasteiger partial charge in [0.25, 0.3) is 5.91 Å². The highest BCUT2D eigenvalue weighted by atomic mass is 32.2. The summed E-state index contributed by atoms with van der Waals surface area (Å²) in [6.45, 7) is 0. The molecule has 1 amide bonds. The molecular formula is C17H18N2O3S. The lowest BCUT2D eigenvalue weighted by molar-refractivity contribution is -0.141. The molecule has 0 saturated heterocycles. The van der Waals surface area contributed by atoms with Crippen molar-refractivity contribution < 1.29 is 14.3 Å². The van der Waals surface area contributed by atoms with Crippen molar-refractivity contribution in [3.63, 3.8) is 0 Å². The predicted octanol–water partition coefficient (Wildman–Crippen LogP) is 2.84. The third-order valence-corrected chi connectivity index (χ3v) is 4.06. The van der Waals surface area contributed by atoms with Crippen LogP contribution in [0.5, 0.6) is 0 Å². The van der Waals surface area contributed by atoms with Crippen LogP contribution in [0.3, 0.4) is 0 Å². The molecule has 120 valence electrons. The standard InChI is InChI=1S/C17H18N2O3S/c1-22-16(20)11-15(12-6-8-13(23-2)9-7-12)19-17(21)14-5-3-4-10-18-14/h3-10,15H,11H2,1-2H3,(H,19,21)/t15-/m1/s1. The first kappa shape index (κ1) is 17.0. The molecular weight excluding hydrogens is 312 g/mol. The van der Waals surface area contributed by atoms with Crippen LogP contribution in [0.1, 0.15) is 28.5 Å². The van der Waals surface area contributed by atoms with Crippen molar-refractivity contribution in [2.75, 3.05) is 13.4 Å². The van der Waals surface area contributed by atoms with Crippen LogP contribution in [0.4, 0.5) is 0 Å².